The molecule has 0 aliphatic rings. The quantitative estimate of drug-likeness (QED) is 0.845. The van der Waals surface area contributed by atoms with Gasteiger partial charge in [-0.2, -0.15) is 0 Å². The topological polar surface area (TPSA) is 64.3 Å². The van der Waals surface area contributed by atoms with E-state index in [1.807, 2.05) is 24.3 Å². The van der Waals surface area contributed by atoms with Gasteiger partial charge in [0.15, 0.2) is 0 Å². The zero-order valence-electron chi connectivity index (χ0n) is 11.0. The number of methoxy groups -OCH3 is 1. The molecule has 104 valence electrons. The summed E-state index contributed by atoms with van der Waals surface area (Å²) in [5, 5.41) is 2.85. The molecule has 2 aromatic rings. The molecular weight excluding hydrogens is 320 g/mol. The number of nitrogens with one attached hydrogen (secondary N) is 1. The number of carbonyl (C=O) groups is 1. The second-order valence-electron chi connectivity index (χ2n) is 4.27. The molecule has 0 bridgehead atoms. The lowest BCUT2D eigenvalue weighted by atomic mass is 10.1. The van der Waals surface area contributed by atoms with E-state index in [9.17, 15) is 4.79 Å². The number of benzene rings is 2. The standard InChI is InChI=1S/C15H15BrN2O2/c1-20-12-5-6-14(16)13(8-12)15(19)18-9-10-3-2-4-11(17)7-10/h2-8H,9,17H2,1H3,(H,18,19). The van der Waals surface area contributed by atoms with Gasteiger partial charge in [0.2, 0.25) is 0 Å². The van der Waals surface area contributed by atoms with E-state index >= 15 is 0 Å². The molecule has 2 rings (SSSR count). The molecule has 5 heteroatoms. The van der Waals surface area contributed by atoms with Gasteiger partial charge in [-0.25, -0.2) is 0 Å². The fourth-order valence-corrected chi connectivity index (χ4v) is 2.21. The van der Waals surface area contributed by atoms with Gasteiger partial charge >= 0.3 is 0 Å². The first-order valence-electron chi connectivity index (χ1n) is 6.06. The van der Waals surface area contributed by atoms with Crippen molar-refractivity contribution in [3.63, 3.8) is 0 Å². The molecule has 1 amide bonds. The summed E-state index contributed by atoms with van der Waals surface area (Å²) in [5.41, 5.74) is 7.87. The van der Waals surface area contributed by atoms with Crippen molar-refractivity contribution >= 4 is 27.5 Å². The molecule has 0 radical (unpaired) electrons. The first-order chi connectivity index (χ1) is 9.60. The molecule has 0 spiro atoms. The van der Waals surface area contributed by atoms with Crippen molar-refractivity contribution in [3.8, 4) is 5.75 Å². The minimum absolute atomic E-state index is 0.168. The zero-order chi connectivity index (χ0) is 14.5. The van der Waals surface area contributed by atoms with Gasteiger partial charge in [-0.15, -0.1) is 0 Å². The van der Waals surface area contributed by atoms with E-state index in [2.05, 4.69) is 21.2 Å². The molecule has 0 aromatic heterocycles. The lowest BCUT2D eigenvalue weighted by molar-refractivity contribution is 0.0950. The number of hydrogen-bond acceptors (Lipinski definition) is 3. The Kier molecular flexibility index (Phi) is 4.63. The van der Waals surface area contributed by atoms with Crippen LogP contribution in [0, 0.1) is 0 Å². The normalized spacial score (nSPS) is 10.1. The number of nitrogen functional groups attached to an aromatic ring is 1. The number of ether oxygens (including phenoxy) is 1. The SMILES string of the molecule is COc1ccc(Br)c(C(=O)NCc2cccc(N)c2)c1. The fraction of sp³-hybridized carbons (Fsp3) is 0.133. The Morgan fingerprint density at radius 1 is 1.30 bits per heavy atom. The molecule has 0 unspecified atom stereocenters. The van der Waals surface area contributed by atoms with Crippen molar-refractivity contribution in [2.75, 3.05) is 12.8 Å². The summed E-state index contributed by atoms with van der Waals surface area (Å²) < 4.78 is 5.85. The highest BCUT2D eigenvalue weighted by Crippen LogP contribution is 2.22. The first-order valence-corrected chi connectivity index (χ1v) is 6.85. The van der Waals surface area contributed by atoms with Crippen LogP contribution in [0.25, 0.3) is 0 Å². The molecule has 0 atom stereocenters. The highest BCUT2D eigenvalue weighted by Gasteiger charge is 2.11. The Morgan fingerprint density at radius 3 is 2.80 bits per heavy atom. The number of nitrogens with two attached hydrogens (primary N) is 1. The van der Waals surface area contributed by atoms with E-state index in [4.69, 9.17) is 10.5 Å². The Labute approximate surface area is 126 Å². The summed E-state index contributed by atoms with van der Waals surface area (Å²) in [4.78, 5) is 12.2. The predicted octanol–water partition coefficient (Wildman–Crippen LogP) is 2.97. The molecule has 20 heavy (non-hydrogen) atoms. The summed E-state index contributed by atoms with van der Waals surface area (Å²) in [6.07, 6.45) is 0. The van der Waals surface area contributed by atoms with Crippen LogP contribution >= 0.6 is 15.9 Å². The van der Waals surface area contributed by atoms with Crippen LogP contribution in [0.2, 0.25) is 0 Å². The van der Waals surface area contributed by atoms with Crippen molar-refractivity contribution in [1.82, 2.24) is 5.32 Å². The second-order valence-corrected chi connectivity index (χ2v) is 5.13. The highest BCUT2D eigenvalue weighted by molar-refractivity contribution is 9.10. The Morgan fingerprint density at radius 2 is 2.10 bits per heavy atom. The number of hydrogen-bond donors (Lipinski definition) is 2. The van der Waals surface area contributed by atoms with E-state index in [0.29, 0.717) is 23.5 Å². The smallest absolute Gasteiger partial charge is 0.252 e. The summed E-state index contributed by atoms with van der Waals surface area (Å²) in [5.74, 6) is 0.473. The molecular formula is C15H15BrN2O2. The fourth-order valence-electron chi connectivity index (χ4n) is 1.79. The summed E-state index contributed by atoms with van der Waals surface area (Å²) in [6, 6.07) is 12.7. The molecule has 0 aliphatic heterocycles. The van der Waals surface area contributed by atoms with Gasteiger partial charge in [-0.1, -0.05) is 12.1 Å². The summed E-state index contributed by atoms with van der Waals surface area (Å²) in [6.45, 7) is 0.424. The van der Waals surface area contributed by atoms with E-state index in [0.717, 1.165) is 10.0 Å². The zero-order valence-corrected chi connectivity index (χ0v) is 12.6. The predicted molar refractivity (Wildman–Crippen MR) is 82.7 cm³/mol. The number of amides is 1. The number of halogens is 1. The Balaban J connectivity index is 2.08. The van der Waals surface area contributed by atoms with Crippen molar-refractivity contribution in [2.24, 2.45) is 0 Å². The van der Waals surface area contributed by atoms with E-state index in [1.54, 1.807) is 25.3 Å². The van der Waals surface area contributed by atoms with Crippen molar-refractivity contribution in [1.29, 1.82) is 0 Å². The number of carbonyl (C=O) groups excluding carboxylic acids is 1. The van der Waals surface area contributed by atoms with Gasteiger partial charge in [-0.05, 0) is 51.8 Å². The lowest BCUT2D eigenvalue weighted by Crippen LogP contribution is -2.23. The third kappa shape index (κ3) is 3.51. The second kappa shape index (κ2) is 6.43. The number of rotatable bonds is 4. The van der Waals surface area contributed by atoms with Crippen LogP contribution in [0.5, 0.6) is 5.75 Å². The molecule has 4 nitrogen and oxygen atoms in total. The number of anilines is 1. The Bertz CT molecular complexity index is 629. The molecule has 0 aliphatic carbocycles. The maximum Gasteiger partial charge on any atom is 0.252 e. The van der Waals surface area contributed by atoms with Crippen LogP contribution in [-0.4, -0.2) is 13.0 Å². The minimum Gasteiger partial charge on any atom is -0.497 e. The van der Waals surface area contributed by atoms with E-state index < -0.39 is 0 Å². The molecule has 0 fully saturated rings. The summed E-state index contributed by atoms with van der Waals surface area (Å²) >= 11 is 3.36. The van der Waals surface area contributed by atoms with Crippen molar-refractivity contribution < 1.29 is 9.53 Å². The molecule has 2 aromatic carbocycles. The van der Waals surface area contributed by atoms with Crippen molar-refractivity contribution in [3.05, 3.63) is 58.1 Å². The van der Waals surface area contributed by atoms with Crippen molar-refractivity contribution in [2.45, 2.75) is 6.54 Å². The minimum atomic E-state index is -0.168. The van der Waals surface area contributed by atoms with Crippen LogP contribution in [0.1, 0.15) is 15.9 Å². The third-order valence-corrected chi connectivity index (χ3v) is 3.51. The highest BCUT2D eigenvalue weighted by atomic mass is 79.9. The lowest BCUT2D eigenvalue weighted by Gasteiger charge is -2.09. The molecule has 0 saturated carbocycles. The largest absolute Gasteiger partial charge is 0.497 e. The van der Waals surface area contributed by atoms with Gasteiger partial charge in [0, 0.05) is 16.7 Å². The van der Waals surface area contributed by atoms with Gasteiger partial charge < -0.3 is 15.8 Å². The van der Waals surface area contributed by atoms with Gasteiger partial charge in [0.25, 0.3) is 5.91 Å². The van der Waals surface area contributed by atoms with Crippen LogP contribution in [0.15, 0.2) is 46.9 Å². The third-order valence-electron chi connectivity index (χ3n) is 2.82. The van der Waals surface area contributed by atoms with Crippen LogP contribution in [-0.2, 0) is 6.54 Å². The van der Waals surface area contributed by atoms with Gasteiger partial charge in [0.05, 0.1) is 12.7 Å². The van der Waals surface area contributed by atoms with Gasteiger partial charge in [-0.3, -0.25) is 4.79 Å². The average Bonchev–Trinajstić information content (AvgIpc) is 2.45. The maximum absolute atomic E-state index is 12.2. The maximum atomic E-state index is 12.2. The van der Waals surface area contributed by atoms with E-state index in [1.165, 1.54) is 0 Å². The van der Waals surface area contributed by atoms with Crippen LogP contribution in [0.4, 0.5) is 5.69 Å². The van der Waals surface area contributed by atoms with Gasteiger partial charge in [0.1, 0.15) is 5.75 Å². The van der Waals surface area contributed by atoms with Crippen LogP contribution < -0.4 is 15.8 Å². The molecule has 0 saturated heterocycles. The molecule has 0 heterocycles. The molecule has 3 N–H and O–H groups in total. The first kappa shape index (κ1) is 14.4. The average molecular weight is 335 g/mol. The van der Waals surface area contributed by atoms with E-state index in [-0.39, 0.29) is 5.91 Å². The monoisotopic (exact) mass is 334 g/mol. The summed E-state index contributed by atoms with van der Waals surface area (Å²) in [7, 11) is 1.57. The van der Waals surface area contributed by atoms with Crippen LogP contribution in [0.3, 0.4) is 0 Å². The Hall–Kier alpha value is -2.01.